The minimum atomic E-state index is -0.131. The van der Waals surface area contributed by atoms with Crippen LogP contribution < -0.4 is 15.0 Å². The summed E-state index contributed by atoms with van der Waals surface area (Å²) in [6.45, 7) is 6.95. The Morgan fingerprint density at radius 3 is 2.69 bits per heavy atom. The zero-order valence-electron chi connectivity index (χ0n) is 18.7. The zero-order chi connectivity index (χ0) is 22.5. The van der Waals surface area contributed by atoms with Gasteiger partial charge >= 0.3 is 0 Å². The van der Waals surface area contributed by atoms with E-state index in [1.807, 2.05) is 41.0 Å². The molecule has 9 heteroatoms. The average Bonchev–Trinajstić information content (AvgIpc) is 3.42. The summed E-state index contributed by atoms with van der Waals surface area (Å²) in [5.41, 5.74) is 0.648. The number of ether oxygens (including phenoxy) is 1. The lowest BCUT2D eigenvalue weighted by Gasteiger charge is -2.35. The summed E-state index contributed by atoms with van der Waals surface area (Å²) in [6, 6.07) is 11.2. The lowest BCUT2D eigenvalue weighted by atomic mass is 9.92. The molecule has 32 heavy (non-hydrogen) atoms. The number of hydrogen-bond donors (Lipinski definition) is 1. The smallest absolute Gasteiger partial charge is 0.234 e. The highest BCUT2D eigenvalue weighted by Gasteiger charge is 2.27. The van der Waals surface area contributed by atoms with Gasteiger partial charge in [0.15, 0.2) is 5.16 Å². The highest BCUT2D eigenvalue weighted by Crippen LogP contribution is 2.29. The van der Waals surface area contributed by atoms with E-state index < -0.39 is 0 Å². The summed E-state index contributed by atoms with van der Waals surface area (Å²) in [5, 5.41) is 12.5. The number of furan rings is 1. The van der Waals surface area contributed by atoms with Crippen LogP contribution in [-0.2, 0) is 11.3 Å². The number of carbonyl (C=O) groups excluding carboxylic acids is 1. The van der Waals surface area contributed by atoms with Crippen molar-refractivity contribution in [3.8, 4) is 5.75 Å². The van der Waals surface area contributed by atoms with Crippen LogP contribution in [0.5, 0.6) is 5.75 Å². The molecule has 0 radical (unpaired) electrons. The van der Waals surface area contributed by atoms with Crippen LogP contribution in [0.1, 0.15) is 26.0 Å². The molecule has 2 atom stereocenters. The maximum absolute atomic E-state index is 12.6. The largest absolute Gasteiger partial charge is 0.495 e. The van der Waals surface area contributed by atoms with Crippen molar-refractivity contribution in [2.24, 2.45) is 11.8 Å². The second-order valence-corrected chi connectivity index (χ2v) is 9.28. The van der Waals surface area contributed by atoms with E-state index in [1.54, 1.807) is 13.4 Å². The molecule has 1 amide bonds. The number of methoxy groups -OCH3 is 1. The molecule has 3 aromatic rings. The van der Waals surface area contributed by atoms with Crippen LogP contribution in [0, 0.1) is 11.8 Å². The van der Waals surface area contributed by atoms with Gasteiger partial charge in [0, 0.05) is 13.1 Å². The van der Waals surface area contributed by atoms with Crippen LogP contribution in [0.2, 0.25) is 0 Å². The van der Waals surface area contributed by atoms with Crippen LogP contribution in [-0.4, -0.2) is 46.6 Å². The van der Waals surface area contributed by atoms with Gasteiger partial charge in [-0.3, -0.25) is 9.36 Å². The molecule has 1 N–H and O–H groups in total. The lowest BCUT2D eigenvalue weighted by molar-refractivity contribution is -0.113. The van der Waals surface area contributed by atoms with Crippen molar-refractivity contribution in [3.05, 3.63) is 48.4 Å². The number of thioether (sulfide) groups is 1. The van der Waals surface area contributed by atoms with Crippen molar-refractivity contribution in [2.75, 3.05) is 36.2 Å². The number of carbonyl (C=O) groups is 1. The van der Waals surface area contributed by atoms with Gasteiger partial charge in [0.25, 0.3) is 0 Å². The molecule has 2 aromatic heterocycles. The van der Waals surface area contributed by atoms with Gasteiger partial charge in [0.05, 0.1) is 31.4 Å². The quantitative estimate of drug-likeness (QED) is 0.511. The van der Waals surface area contributed by atoms with Crippen LogP contribution >= 0.6 is 11.8 Å². The molecule has 0 bridgehead atoms. The molecule has 4 rings (SSSR count). The molecule has 1 aliphatic rings. The predicted molar refractivity (Wildman–Crippen MR) is 125 cm³/mol. The highest BCUT2D eigenvalue weighted by atomic mass is 32.2. The Balaban J connectivity index is 1.50. The van der Waals surface area contributed by atoms with Gasteiger partial charge in [-0.15, -0.1) is 10.2 Å². The van der Waals surface area contributed by atoms with E-state index in [4.69, 9.17) is 9.15 Å². The summed E-state index contributed by atoms with van der Waals surface area (Å²) in [6.07, 6.45) is 2.88. The Morgan fingerprint density at radius 1 is 1.19 bits per heavy atom. The molecule has 8 nitrogen and oxygen atoms in total. The molecular weight excluding hydrogens is 426 g/mol. The first-order chi connectivity index (χ1) is 15.5. The van der Waals surface area contributed by atoms with E-state index in [1.165, 1.54) is 18.2 Å². The molecule has 1 aliphatic heterocycles. The third-order valence-electron chi connectivity index (χ3n) is 5.46. The number of hydrogen-bond acceptors (Lipinski definition) is 7. The van der Waals surface area contributed by atoms with Gasteiger partial charge in [-0.05, 0) is 42.5 Å². The maximum Gasteiger partial charge on any atom is 0.234 e. The number of benzene rings is 1. The highest BCUT2D eigenvalue weighted by molar-refractivity contribution is 7.99. The van der Waals surface area contributed by atoms with E-state index in [9.17, 15) is 4.79 Å². The van der Waals surface area contributed by atoms with Crippen molar-refractivity contribution >= 4 is 29.3 Å². The Kier molecular flexibility index (Phi) is 7.04. The van der Waals surface area contributed by atoms with Gasteiger partial charge in [-0.25, -0.2) is 0 Å². The third-order valence-corrected chi connectivity index (χ3v) is 6.42. The second kappa shape index (κ2) is 10.1. The topological polar surface area (TPSA) is 85.4 Å². The van der Waals surface area contributed by atoms with Gasteiger partial charge in [0.1, 0.15) is 11.5 Å². The number of rotatable bonds is 8. The van der Waals surface area contributed by atoms with Crippen molar-refractivity contribution in [1.29, 1.82) is 0 Å². The summed E-state index contributed by atoms with van der Waals surface area (Å²) < 4.78 is 12.9. The first-order valence-electron chi connectivity index (χ1n) is 10.8. The summed E-state index contributed by atoms with van der Waals surface area (Å²) >= 11 is 1.36. The van der Waals surface area contributed by atoms with E-state index in [0.717, 1.165) is 24.8 Å². The molecule has 0 saturated carbocycles. The van der Waals surface area contributed by atoms with Crippen molar-refractivity contribution < 1.29 is 13.9 Å². The van der Waals surface area contributed by atoms with E-state index in [0.29, 0.717) is 35.0 Å². The van der Waals surface area contributed by atoms with Crippen molar-refractivity contribution in [3.63, 3.8) is 0 Å². The van der Waals surface area contributed by atoms with Crippen molar-refractivity contribution in [2.45, 2.75) is 32.0 Å². The average molecular weight is 456 g/mol. The fourth-order valence-electron chi connectivity index (χ4n) is 4.21. The summed E-state index contributed by atoms with van der Waals surface area (Å²) in [7, 11) is 1.58. The number of nitrogens with one attached hydrogen (secondary N) is 1. The lowest BCUT2D eigenvalue weighted by Crippen LogP contribution is -2.40. The first kappa shape index (κ1) is 22.3. The Labute approximate surface area is 192 Å². The van der Waals surface area contributed by atoms with Gasteiger partial charge < -0.3 is 19.4 Å². The van der Waals surface area contributed by atoms with Gasteiger partial charge in [-0.2, -0.15) is 0 Å². The number of anilines is 2. The molecule has 3 heterocycles. The molecule has 0 spiro atoms. The minimum absolute atomic E-state index is 0.131. The molecule has 1 saturated heterocycles. The van der Waals surface area contributed by atoms with E-state index >= 15 is 0 Å². The normalized spacial score (nSPS) is 18.5. The monoisotopic (exact) mass is 455 g/mol. The van der Waals surface area contributed by atoms with Crippen LogP contribution in [0.3, 0.4) is 0 Å². The summed E-state index contributed by atoms with van der Waals surface area (Å²) in [5.74, 6) is 3.54. The fourth-order valence-corrected chi connectivity index (χ4v) is 4.94. The van der Waals surface area contributed by atoms with Crippen LogP contribution in [0.15, 0.2) is 52.2 Å². The van der Waals surface area contributed by atoms with Gasteiger partial charge in [0.2, 0.25) is 11.9 Å². The number of amides is 1. The molecule has 1 aromatic carbocycles. The third kappa shape index (κ3) is 5.27. The molecule has 1 fully saturated rings. The van der Waals surface area contributed by atoms with Crippen molar-refractivity contribution in [1.82, 2.24) is 14.8 Å². The Hall–Kier alpha value is -2.94. The SMILES string of the molecule is COc1ccccc1NC(=O)CSc1nnc(N2CC(C)CC(C)C2)n1Cc1ccco1. The summed E-state index contributed by atoms with van der Waals surface area (Å²) in [4.78, 5) is 14.9. The number of piperidine rings is 1. The van der Waals surface area contributed by atoms with E-state index in [2.05, 4.69) is 34.3 Å². The number of nitrogens with zero attached hydrogens (tertiary/aromatic N) is 4. The maximum atomic E-state index is 12.6. The molecule has 2 unspecified atom stereocenters. The Bertz CT molecular complexity index is 1030. The number of aromatic nitrogens is 3. The second-order valence-electron chi connectivity index (χ2n) is 8.34. The van der Waals surface area contributed by atoms with E-state index in [-0.39, 0.29) is 11.7 Å². The number of para-hydroxylation sites is 2. The fraction of sp³-hybridized carbons (Fsp3) is 0.435. The van der Waals surface area contributed by atoms with Crippen LogP contribution in [0.25, 0.3) is 0 Å². The molecule has 0 aliphatic carbocycles. The minimum Gasteiger partial charge on any atom is -0.495 e. The molecular formula is C23H29N5O3S. The molecule has 170 valence electrons. The Morgan fingerprint density at radius 2 is 1.97 bits per heavy atom. The zero-order valence-corrected chi connectivity index (χ0v) is 19.5. The first-order valence-corrected chi connectivity index (χ1v) is 11.8. The van der Waals surface area contributed by atoms with Gasteiger partial charge in [-0.1, -0.05) is 37.7 Å². The predicted octanol–water partition coefficient (Wildman–Crippen LogP) is 4.14. The van der Waals surface area contributed by atoms with Crippen LogP contribution in [0.4, 0.5) is 11.6 Å². The standard InChI is InChI=1S/C23H29N5O3S/c1-16-11-17(2)13-27(12-16)22-25-26-23(28(22)14-18-7-6-10-31-18)32-15-21(29)24-19-8-4-5-9-20(19)30-3/h4-10,16-17H,11-15H2,1-3H3,(H,24,29).